The van der Waals surface area contributed by atoms with E-state index in [4.69, 9.17) is 4.74 Å². The van der Waals surface area contributed by atoms with Crippen molar-refractivity contribution in [3.05, 3.63) is 46.8 Å². The molecule has 0 fully saturated rings. The van der Waals surface area contributed by atoms with E-state index in [0.717, 1.165) is 42.7 Å². The molecule has 1 aromatic carbocycles. The fourth-order valence-electron chi connectivity index (χ4n) is 3.51. The molecule has 5 nitrogen and oxygen atoms in total. The Morgan fingerprint density at radius 1 is 1.30 bits per heavy atom. The predicted octanol–water partition coefficient (Wildman–Crippen LogP) is 2.27. The van der Waals surface area contributed by atoms with Gasteiger partial charge in [0.25, 0.3) is 5.91 Å². The van der Waals surface area contributed by atoms with Crippen LogP contribution >= 0.6 is 0 Å². The van der Waals surface area contributed by atoms with Gasteiger partial charge in [-0.1, -0.05) is 18.2 Å². The second kappa shape index (κ2) is 6.07. The lowest BCUT2D eigenvalue weighted by Gasteiger charge is -2.25. The molecule has 0 bridgehead atoms. The molecule has 2 aliphatic rings. The van der Waals surface area contributed by atoms with Crippen molar-refractivity contribution in [3.8, 4) is 5.75 Å². The number of nitrogens with zero attached hydrogens (tertiary/aromatic N) is 1. The Bertz CT molecular complexity index is 723. The first-order valence-electron chi connectivity index (χ1n) is 8.36. The quantitative estimate of drug-likeness (QED) is 0.914. The Balaban J connectivity index is 1.38. The topological polar surface area (TPSA) is 67.0 Å². The van der Waals surface area contributed by atoms with Crippen LogP contribution < -0.4 is 10.1 Å². The minimum Gasteiger partial charge on any atom is -0.493 e. The van der Waals surface area contributed by atoms with Crippen LogP contribution in [0.5, 0.6) is 5.75 Å². The van der Waals surface area contributed by atoms with Gasteiger partial charge in [-0.25, -0.2) is 0 Å². The lowest BCUT2D eigenvalue weighted by Crippen LogP contribution is -2.35. The zero-order valence-electron chi connectivity index (χ0n) is 13.1. The molecular formula is C18H21N3O2. The highest BCUT2D eigenvalue weighted by atomic mass is 16.5. The van der Waals surface area contributed by atoms with Gasteiger partial charge in [-0.3, -0.25) is 9.89 Å². The molecule has 4 rings (SSSR count). The number of H-pyrrole nitrogens is 1. The molecule has 1 aliphatic heterocycles. The third kappa shape index (κ3) is 2.83. The van der Waals surface area contributed by atoms with Gasteiger partial charge in [-0.2, -0.15) is 5.10 Å². The number of aryl methyl sites for hydroxylation is 1. The monoisotopic (exact) mass is 311 g/mol. The molecule has 120 valence electrons. The van der Waals surface area contributed by atoms with Crippen LogP contribution in [0.15, 0.2) is 24.3 Å². The van der Waals surface area contributed by atoms with E-state index in [2.05, 4.69) is 21.6 Å². The van der Waals surface area contributed by atoms with Gasteiger partial charge in [-0.15, -0.1) is 0 Å². The molecule has 1 aliphatic carbocycles. The maximum absolute atomic E-state index is 12.4. The van der Waals surface area contributed by atoms with E-state index in [1.165, 1.54) is 12.0 Å². The first-order chi connectivity index (χ1) is 11.3. The van der Waals surface area contributed by atoms with E-state index in [9.17, 15) is 4.79 Å². The summed E-state index contributed by atoms with van der Waals surface area (Å²) in [6.45, 7) is 1.27. The van der Waals surface area contributed by atoms with Crippen LogP contribution in [0.3, 0.4) is 0 Å². The summed E-state index contributed by atoms with van der Waals surface area (Å²) in [5.41, 5.74) is 4.04. The fourth-order valence-corrected chi connectivity index (χ4v) is 3.51. The highest BCUT2D eigenvalue weighted by Gasteiger charge is 2.24. The van der Waals surface area contributed by atoms with Gasteiger partial charge in [0.15, 0.2) is 5.69 Å². The minimum absolute atomic E-state index is 0.0664. The largest absolute Gasteiger partial charge is 0.493 e. The van der Waals surface area contributed by atoms with Crippen LogP contribution in [0.25, 0.3) is 0 Å². The summed E-state index contributed by atoms with van der Waals surface area (Å²) >= 11 is 0. The van der Waals surface area contributed by atoms with Crippen LogP contribution in [0, 0.1) is 5.92 Å². The molecular weight excluding hydrogens is 290 g/mol. The van der Waals surface area contributed by atoms with Crippen LogP contribution in [0.1, 0.15) is 40.2 Å². The molecule has 5 heteroatoms. The van der Waals surface area contributed by atoms with Crippen molar-refractivity contribution in [3.63, 3.8) is 0 Å². The Kier molecular flexibility index (Phi) is 3.77. The van der Waals surface area contributed by atoms with Crippen molar-refractivity contribution in [2.45, 2.75) is 32.1 Å². The number of aromatic nitrogens is 2. The zero-order valence-corrected chi connectivity index (χ0v) is 13.1. The average Bonchev–Trinajstić information content (AvgIpc) is 3.03. The molecule has 1 amide bonds. The summed E-state index contributed by atoms with van der Waals surface area (Å²) in [6, 6.07) is 8.11. The van der Waals surface area contributed by atoms with Crippen LogP contribution in [0.2, 0.25) is 0 Å². The molecule has 2 N–H and O–H groups in total. The number of amides is 1. The number of carbonyl (C=O) groups is 1. The highest BCUT2D eigenvalue weighted by molar-refractivity contribution is 5.94. The molecule has 0 radical (unpaired) electrons. The SMILES string of the molecule is O=C(NC[C@H]1COc2ccccc2C1)c1n[nH]c2c1CCCC2. The van der Waals surface area contributed by atoms with Crippen molar-refractivity contribution in [1.29, 1.82) is 0 Å². The molecule has 2 aromatic rings. The first-order valence-corrected chi connectivity index (χ1v) is 8.36. The van der Waals surface area contributed by atoms with E-state index >= 15 is 0 Å². The second-order valence-electron chi connectivity index (χ2n) is 6.44. The average molecular weight is 311 g/mol. The number of benzene rings is 1. The van der Waals surface area contributed by atoms with Crippen molar-refractivity contribution in [2.75, 3.05) is 13.2 Å². The van der Waals surface area contributed by atoms with Crippen LogP contribution in [-0.2, 0) is 19.3 Å². The maximum Gasteiger partial charge on any atom is 0.272 e. The molecule has 0 saturated heterocycles. The third-order valence-corrected chi connectivity index (χ3v) is 4.78. The Labute approximate surface area is 135 Å². The Morgan fingerprint density at radius 2 is 2.17 bits per heavy atom. The highest BCUT2D eigenvalue weighted by Crippen LogP contribution is 2.26. The van der Waals surface area contributed by atoms with E-state index in [0.29, 0.717) is 24.8 Å². The predicted molar refractivity (Wildman–Crippen MR) is 86.7 cm³/mol. The summed E-state index contributed by atoms with van der Waals surface area (Å²) in [4.78, 5) is 12.4. The number of para-hydroxylation sites is 1. The van der Waals surface area contributed by atoms with E-state index in [-0.39, 0.29) is 5.91 Å². The molecule has 0 spiro atoms. The van der Waals surface area contributed by atoms with Crippen molar-refractivity contribution in [2.24, 2.45) is 5.92 Å². The van der Waals surface area contributed by atoms with Gasteiger partial charge >= 0.3 is 0 Å². The maximum atomic E-state index is 12.4. The number of hydrogen-bond acceptors (Lipinski definition) is 3. The Morgan fingerprint density at radius 3 is 3.13 bits per heavy atom. The van der Waals surface area contributed by atoms with Crippen molar-refractivity contribution < 1.29 is 9.53 Å². The normalized spacial score (nSPS) is 19.4. The molecule has 0 unspecified atom stereocenters. The number of fused-ring (bicyclic) bond motifs is 2. The van der Waals surface area contributed by atoms with Gasteiger partial charge < -0.3 is 10.1 Å². The van der Waals surface area contributed by atoms with Crippen LogP contribution in [0.4, 0.5) is 0 Å². The fraction of sp³-hybridized carbons (Fsp3) is 0.444. The second-order valence-corrected chi connectivity index (χ2v) is 6.44. The van der Waals surface area contributed by atoms with E-state index < -0.39 is 0 Å². The number of hydrogen-bond donors (Lipinski definition) is 2. The van der Waals surface area contributed by atoms with E-state index in [1.807, 2.05) is 18.2 Å². The van der Waals surface area contributed by atoms with Gasteiger partial charge in [0.2, 0.25) is 0 Å². The van der Waals surface area contributed by atoms with Crippen molar-refractivity contribution >= 4 is 5.91 Å². The number of ether oxygens (including phenoxy) is 1. The molecule has 2 heterocycles. The van der Waals surface area contributed by atoms with Gasteiger partial charge in [0.05, 0.1) is 6.61 Å². The first kappa shape index (κ1) is 14.3. The molecule has 0 saturated carbocycles. The lowest BCUT2D eigenvalue weighted by atomic mass is 9.95. The number of nitrogens with one attached hydrogen (secondary N) is 2. The van der Waals surface area contributed by atoms with Gasteiger partial charge in [0.1, 0.15) is 5.75 Å². The van der Waals surface area contributed by atoms with Crippen molar-refractivity contribution in [1.82, 2.24) is 15.5 Å². The lowest BCUT2D eigenvalue weighted by molar-refractivity contribution is 0.0933. The Hall–Kier alpha value is -2.30. The summed E-state index contributed by atoms with van der Waals surface area (Å²) in [5, 5.41) is 10.3. The van der Waals surface area contributed by atoms with Crippen LogP contribution in [-0.4, -0.2) is 29.3 Å². The van der Waals surface area contributed by atoms with Gasteiger partial charge in [-0.05, 0) is 43.7 Å². The number of carbonyl (C=O) groups excluding carboxylic acids is 1. The third-order valence-electron chi connectivity index (χ3n) is 4.78. The van der Waals surface area contributed by atoms with Gasteiger partial charge in [0, 0.05) is 23.7 Å². The van der Waals surface area contributed by atoms with E-state index in [1.54, 1.807) is 0 Å². The smallest absolute Gasteiger partial charge is 0.272 e. The summed E-state index contributed by atoms with van der Waals surface area (Å²) in [6.07, 6.45) is 5.21. The molecule has 23 heavy (non-hydrogen) atoms. The molecule has 1 aromatic heterocycles. The number of rotatable bonds is 3. The summed E-state index contributed by atoms with van der Waals surface area (Å²) < 4.78 is 5.78. The number of aromatic amines is 1. The minimum atomic E-state index is -0.0664. The zero-order chi connectivity index (χ0) is 15.6. The summed E-state index contributed by atoms with van der Waals surface area (Å²) in [5.74, 6) is 1.21. The standard InChI is InChI=1S/C18H21N3O2/c22-18(17-14-6-2-3-7-15(14)20-21-17)19-10-12-9-13-5-1-4-8-16(13)23-11-12/h1,4-5,8,12H,2-3,6-7,9-11H2,(H,19,22)(H,20,21)/t12-/m0/s1. The molecule has 1 atom stereocenters. The summed E-state index contributed by atoms with van der Waals surface area (Å²) in [7, 11) is 0.